The molecule has 1 aromatic rings. The van der Waals surface area contributed by atoms with Crippen molar-refractivity contribution in [3.63, 3.8) is 0 Å². The van der Waals surface area contributed by atoms with Gasteiger partial charge in [-0.2, -0.15) is 0 Å². The molecule has 0 spiro atoms. The zero-order valence-electron chi connectivity index (χ0n) is 11.6. The molecule has 1 atom stereocenters. The summed E-state index contributed by atoms with van der Waals surface area (Å²) in [6, 6.07) is 5.09. The highest BCUT2D eigenvalue weighted by Crippen LogP contribution is 2.10. The van der Waals surface area contributed by atoms with Crippen molar-refractivity contribution in [1.82, 2.24) is 0 Å². The third kappa shape index (κ3) is 5.90. The van der Waals surface area contributed by atoms with Crippen LogP contribution >= 0.6 is 0 Å². The zero-order valence-corrected chi connectivity index (χ0v) is 12.4. The van der Waals surface area contributed by atoms with Gasteiger partial charge in [-0.1, -0.05) is 13.0 Å². The Hall–Kier alpha value is -1.96. The van der Waals surface area contributed by atoms with Gasteiger partial charge in [-0.15, -0.1) is 0 Å². The molecule has 1 unspecified atom stereocenters. The Morgan fingerprint density at radius 3 is 2.62 bits per heavy atom. The number of methoxy groups -OCH3 is 1. The van der Waals surface area contributed by atoms with Crippen molar-refractivity contribution in [3.05, 3.63) is 30.1 Å². The van der Waals surface area contributed by atoms with E-state index in [0.717, 1.165) is 13.2 Å². The van der Waals surface area contributed by atoms with E-state index < -0.39 is 45.0 Å². The molecule has 0 bridgehead atoms. The van der Waals surface area contributed by atoms with Gasteiger partial charge in [0.05, 0.1) is 18.8 Å². The number of esters is 1. The number of anilines is 1. The summed E-state index contributed by atoms with van der Waals surface area (Å²) in [5, 5.41) is 2.28. The molecule has 1 N–H and O–H groups in total. The van der Waals surface area contributed by atoms with E-state index in [1.54, 1.807) is 0 Å². The highest BCUT2D eigenvalue weighted by Gasteiger charge is 2.24. The minimum absolute atomic E-state index is 0.163. The molecule has 116 valence electrons. The van der Waals surface area contributed by atoms with E-state index in [0.29, 0.717) is 0 Å². The minimum atomic E-state index is -3.77. The molecule has 0 radical (unpaired) electrons. The van der Waals surface area contributed by atoms with Crippen molar-refractivity contribution in [3.8, 4) is 0 Å². The first-order chi connectivity index (χ1) is 9.73. The fourth-order valence-electron chi connectivity index (χ4n) is 1.67. The van der Waals surface area contributed by atoms with E-state index in [1.807, 2.05) is 0 Å². The van der Waals surface area contributed by atoms with Crippen LogP contribution in [0.3, 0.4) is 0 Å². The molecule has 0 aliphatic carbocycles. The lowest BCUT2D eigenvalue weighted by atomic mass is 10.2. The zero-order chi connectivity index (χ0) is 16.0. The van der Waals surface area contributed by atoms with Crippen LogP contribution in [-0.2, 0) is 24.2 Å². The topological polar surface area (TPSA) is 89.5 Å². The van der Waals surface area contributed by atoms with E-state index in [1.165, 1.54) is 25.1 Å². The third-order valence-electron chi connectivity index (χ3n) is 2.57. The highest BCUT2D eigenvalue weighted by molar-refractivity contribution is 7.92. The van der Waals surface area contributed by atoms with Crippen LogP contribution in [0.15, 0.2) is 24.3 Å². The molecular formula is C13H16FNO5S. The number of ether oxygens (including phenoxy) is 1. The molecule has 0 aliphatic rings. The monoisotopic (exact) mass is 317 g/mol. The molecule has 1 amide bonds. The predicted molar refractivity (Wildman–Crippen MR) is 74.9 cm³/mol. The number of halogens is 1. The molecule has 0 aromatic heterocycles. The summed E-state index contributed by atoms with van der Waals surface area (Å²) < 4.78 is 40.9. The molecule has 0 saturated heterocycles. The van der Waals surface area contributed by atoms with Crippen LogP contribution in [0.2, 0.25) is 0 Å². The Morgan fingerprint density at radius 1 is 1.38 bits per heavy atom. The van der Waals surface area contributed by atoms with Crippen LogP contribution in [-0.4, -0.2) is 38.9 Å². The maximum absolute atomic E-state index is 12.9. The molecular weight excluding hydrogens is 301 g/mol. The molecule has 0 aliphatic heterocycles. The van der Waals surface area contributed by atoms with Crippen molar-refractivity contribution in [2.45, 2.75) is 6.92 Å². The number of carbonyl (C=O) groups excluding carboxylic acids is 2. The van der Waals surface area contributed by atoms with Gasteiger partial charge >= 0.3 is 5.97 Å². The van der Waals surface area contributed by atoms with Crippen molar-refractivity contribution in [2.75, 3.05) is 23.9 Å². The lowest BCUT2D eigenvalue weighted by Crippen LogP contribution is -2.29. The Kier molecular flexibility index (Phi) is 5.83. The quantitative estimate of drug-likeness (QED) is 0.790. The van der Waals surface area contributed by atoms with E-state index in [2.05, 4.69) is 10.1 Å². The normalized spacial score (nSPS) is 12.5. The van der Waals surface area contributed by atoms with Gasteiger partial charge in [-0.3, -0.25) is 9.59 Å². The summed E-state index contributed by atoms with van der Waals surface area (Å²) in [7, 11) is -2.62. The smallest absolute Gasteiger partial charge is 0.309 e. The van der Waals surface area contributed by atoms with Gasteiger partial charge in [-0.25, -0.2) is 12.8 Å². The molecule has 8 heteroatoms. The predicted octanol–water partition coefficient (Wildman–Crippen LogP) is 0.988. The van der Waals surface area contributed by atoms with Gasteiger partial charge in [0.15, 0.2) is 9.84 Å². The summed E-state index contributed by atoms with van der Waals surface area (Å²) in [6.07, 6.45) is 0. The summed E-state index contributed by atoms with van der Waals surface area (Å²) >= 11 is 0. The van der Waals surface area contributed by atoms with Crippen LogP contribution in [0.4, 0.5) is 10.1 Å². The Balaban J connectivity index is 2.63. The van der Waals surface area contributed by atoms with Crippen molar-refractivity contribution in [1.29, 1.82) is 0 Å². The SMILES string of the molecule is COC(=O)C(C)CS(=O)(=O)CC(=O)Nc1cccc(F)c1. The van der Waals surface area contributed by atoms with Gasteiger partial charge in [0.1, 0.15) is 11.6 Å². The number of hydrogen-bond acceptors (Lipinski definition) is 5. The summed E-state index contributed by atoms with van der Waals surface area (Å²) in [5.41, 5.74) is 0.163. The van der Waals surface area contributed by atoms with Gasteiger partial charge in [-0.05, 0) is 18.2 Å². The molecule has 6 nitrogen and oxygen atoms in total. The van der Waals surface area contributed by atoms with Crippen LogP contribution < -0.4 is 5.32 Å². The van der Waals surface area contributed by atoms with E-state index >= 15 is 0 Å². The molecule has 0 heterocycles. The summed E-state index contributed by atoms with van der Waals surface area (Å²) in [6.45, 7) is 1.40. The second-order valence-corrected chi connectivity index (χ2v) is 6.65. The molecule has 0 saturated carbocycles. The number of nitrogens with one attached hydrogen (secondary N) is 1. The van der Waals surface area contributed by atoms with Gasteiger partial charge in [0, 0.05) is 5.69 Å². The standard InChI is InChI=1S/C13H16FNO5S/c1-9(13(17)20-2)7-21(18,19)8-12(16)15-11-5-3-4-10(14)6-11/h3-6,9H,7-8H2,1-2H3,(H,15,16). The number of amides is 1. The molecule has 1 rings (SSSR count). The lowest BCUT2D eigenvalue weighted by Gasteiger charge is -2.10. The van der Waals surface area contributed by atoms with Crippen molar-refractivity contribution >= 4 is 27.4 Å². The first-order valence-corrected chi connectivity index (χ1v) is 7.89. The highest BCUT2D eigenvalue weighted by atomic mass is 32.2. The maximum Gasteiger partial charge on any atom is 0.309 e. The molecule has 21 heavy (non-hydrogen) atoms. The van der Waals surface area contributed by atoms with Crippen LogP contribution in [0.5, 0.6) is 0 Å². The minimum Gasteiger partial charge on any atom is -0.469 e. The second kappa shape index (κ2) is 7.16. The number of benzene rings is 1. The number of carbonyl (C=O) groups is 2. The first kappa shape index (κ1) is 17.1. The van der Waals surface area contributed by atoms with E-state index in [-0.39, 0.29) is 5.69 Å². The van der Waals surface area contributed by atoms with E-state index in [9.17, 15) is 22.4 Å². The second-order valence-electron chi connectivity index (χ2n) is 4.54. The Labute approximate surface area is 122 Å². The van der Waals surface area contributed by atoms with E-state index in [4.69, 9.17) is 0 Å². The fraction of sp³-hybridized carbons (Fsp3) is 0.385. The number of sulfone groups is 1. The maximum atomic E-state index is 12.9. The average Bonchev–Trinajstić information content (AvgIpc) is 2.36. The largest absolute Gasteiger partial charge is 0.469 e. The fourth-order valence-corrected chi connectivity index (χ4v) is 3.16. The third-order valence-corrected chi connectivity index (χ3v) is 4.28. The van der Waals surface area contributed by atoms with Gasteiger partial charge in [0.25, 0.3) is 0 Å². The number of hydrogen-bond donors (Lipinski definition) is 1. The van der Waals surface area contributed by atoms with Gasteiger partial charge < -0.3 is 10.1 Å². The Bertz CT molecular complexity index is 629. The van der Waals surface area contributed by atoms with Crippen LogP contribution in [0, 0.1) is 11.7 Å². The van der Waals surface area contributed by atoms with Crippen LogP contribution in [0.1, 0.15) is 6.92 Å². The summed E-state index contributed by atoms with van der Waals surface area (Å²) in [5.74, 6) is -4.14. The molecule has 0 fully saturated rings. The van der Waals surface area contributed by atoms with Crippen molar-refractivity contribution < 1.29 is 27.1 Å². The summed E-state index contributed by atoms with van der Waals surface area (Å²) in [4.78, 5) is 22.8. The average molecular weight is 317 g/mol. The number of rotatable bonds is 6. The molecule has 1 aromatic carbocycles. The van der Waals surface area contributed by atoms with Crippen LogP contribution in [0.25, 0.3) is 0 Å². The first-order valence-electron chi connectivity index (χ1n) is 6.07. The van der Waals surface area contributed by atoms with Crippen molar-refractivity contribution in [2.24, 2.45) is 5.92 Å². The lowest BCUT2D eigenvalue weighted by molar-refractivity contribution is -0.144. The van der Waals surface area contributed by atoms with Gasteiger partial charge in [0.2, 0.25) is 5.91 Å². The Morgan fingerprint density at radius 2 is 2.05 bits per heavy atom.